The first kappa shape index (κ1) is 28.0. The van der Waals surface area contributed by atoms with E-state index in [1.54, 1.807) is 6.26 Å². The first-order valence-electron chi connectivity index (χ1n) is 13.5. The number of epoxide rings is 1. The lowest BCUT2D eigenvalue weighted by Gasteiger charge is -2.26. The SMILES string of the molecule is CCCCOc1c(CC(C)C)cc2c(C(CCC)C(O)CC(O)C3(C)OC3CC)coc2c1CO. The summed E-state index contributed by atoms with van der Waals surface area (Å²) < 4.78 is 17.9. The molecule has 5 atom stereocenters. The molecule has 198 valence electrons. The van der Waals surface area contributed by atoms with Crippen molar-refractivity contribution >= 4 is 11.0 Å². The van der Waals surface area contributed by atoms with Crippen LogP contribution < -0.4 is 4.74 Å². The second-order valence-electron chi connectivity index (χ2n) is 10.8. The summed E-state index contributed by atoms with van der Waals surface area (Å²) in [6.45, 7) is 13.0. The summed E-state index contributed by atoms with van der Waals surface area (Å²) in [6.07, 6.45) is 5.84. The number of fused-ring (bicyclic) bond motifs is 1. The highest BCUT2D eigenvalue weighted by molar-refractivity contribution is 5.88. The predicted octanol–water partition coefficient (Wildman–Crippen LogP) is 5.87. The summed E-state index contributed by atoms with van der Waals surface area (Å²) in [4.78, 5) is 0. The van der Waals surface area contributed by atoms with Crippen molar-refractivity contribution in [2.45, 2.75) is 123 Å². The summed E-state index contributed by atoms with van der Waals surface area (Å²) in [7, 11) is 0. The van der Waals surface area contributed by atoms with Gasteiger partial charge in [0.25, 0.3) is 0 Å². The Morgan fingerprint density at radius 2 is 1.89 bits per heavy atom. The highest BCUT2D eigenvalue weighted by atomic mass is 16.6. The number of hydrogen-bond acceptors (Lipinski definition) is 6. The van der Waals surface area contributed by atoms with Crippen molar-refractivity contribution in [1.82, 2.24) is 0 Å². The summed E-state index contributed by atoms with van der Waals surface area (Å²) in [5, 5.41) is 33.4. The molecule has 0 spiro atoms. The zero-order chi connectivity index (χ0) is 25.8. The van der Waals surface area contributed by atoms with E-state index in [9.17, 15) is 15.3 Å². The van der Waals surface area contributed by atoms with E-state index in [2.05, 4.69) is 33.8 Å². The Kier molecular flexibility index (Phi) is 9.67. The van der Waals surface area contributed by atoms with E-state index in [0.29, 0.717) is 23.7 Å². The molecule has 0 radical (unpaired) electrons. The molecule has 5 unspecified atom stereocenters. The van der Waals surface area contributed by atoms with Gasteiger partial charge < -0.3 is 29.2 Å². The van der Waals surface area contributed by atoms with Gasteiger partial charge in [-0.15, -0.1) is 0 Å². The summed E-state index contributed by atoms with van der Waals surface area (Å²) in [5.74, 6) is 0.958. The van der Waals surface area contributed by atoms with Crippen LogP contribution in [0.25, 0.3) is 11.0 Å². The quantitative estimate of drug-likeness (QED) is 0.214. The largest absolute Gasteiger partial charge is 0.493 e. The fourth-order valence-corrected chi connectivity index (χ4v) is 5.37. The maximum absolute atomic E-state index is 11.3. The second kappa shape index (κ2) is 12.1. The standard InChI is InChI=1S/C29H46O6/c1-7-10-12-33-27-19(13-18(4)5)14-21-23(17-34-28(21)22(27)16-30)20(11-8-2)24(31)15-25(32)29(6)26(9-3)35-29/h14,17-18,20,24-26,30-32H,7-13,15-16H2,1-6H3. The van der Waals surface area contributed by atoms with Gasteiger partial charge in [0.05, 0.1) is 43.4 Å². The second-order valence-corrected chi connectivity index (χ2v) is 10.8. The van der Waals surface area contributed by atoms with Gasteiger partial charge in [0.15, 0.2) is 0 Å². The number of benzene rings is 1. The van der Waals surface area contributed by atoms with E-state index in [1.807, 2.05) is 13.8 Å². The van der Waals surface area contributed by atoms with Gasteiger partial charge in [-0.25, -0.2) is 0 Å². The van der Waals surface area contributed by atoms with Crippen molar-refractivity contribution in [3.05, 3.63) is 29.0 Å². The number of rotatable bonds is 15. The van der Waals surface area contributed by atoms with Gasteiger partial charge in [-0.05, 0) is 50.2 Å². The third-order valence-electron chi connectivity index (χ3n) is 7.49. The van der Waals surface area contributed by atoms with Gasteiger partial charge >= 0.3 is 0 Å². The third-order valence-corrected chi connectivity index (χ3v) is 7.49. The van der Waals surface area contributed by atoms with Crippen LogP contribution in [-0.4, -0.2) is 45.8 Å². The van der Waals surface area contributed by atoms with Gasteiger partial charge in [0.1, 0.15) is 16.9 Å². The average molecular weight is 491 g/mol. The number of furan rings is 1. The van der Waals surface area contributed by atoms with Crippen molar-refractivity contribution in [2.75, 3.05) is 6.61 Å². The number of aliphatic hydroxyl groups excluding tert-OH is 3. The van der Waals surface area contributed by atoms with E-state index >= 15 is 0 Å². The Balaban J connectivity index is 1.99. The molecule has 0 amide bonds. The fraction of sp³-hybridized carbons (Fsp3) is 0.724. The number of ether oxygens (including phenoxy) is 2. The molecule has 1 saturated heterocycles. The molecule has 1 fully saturated rings. The van der Waals surface area contributed by atoms with E-state index < -0.39 is 17.8 Å². The minimum atomic E-state index is -0.740. The van der Waals surface area contributed by atoms with Crippen LogP contribution in [0.4, 0.5) is 0 Å². The van der Waals surface area contributed by atoms with E-state index in [1.165, 1.54) is 0 Å². The Labute approximate surface area is 210 Å². The average Bonchev–Trinajstić information content (AvgIpc) is 3.34. The molecular weight excluding hydrogens is 444 g/mol. The zero-order valence-corrected chi connectivity index (χ0v) is 22.5. The van der Waals surface area contributed by atoms with Gasteiger partial charge in [0.2, 0.25) is 0 Å². The molecule has 0 aliphatic carbocycles. The molecule has 2 heterocycles. The van der Waals surface area contributed by atoms with Crippen molar-refractivity contribution in [3.63, 3.8) is 0 Å². The van der Waals surface area contributed by atoms with E-state index in [-0.39, 0.29) is 25.0 Å². The monoisotopic (exact) mass is 490 g/mol. The predicted molar refractivity (Wildman–Crippen MR) is 139 cm³/mol. The lowest BCUT2D eigenvalue weighted by molar-refractivity contribution is 0.0210. The molecule has 1 aliphatic heterocycles. The van der Waals surface area contributed by atoms with Crippen LogP contribution in [0.2, 0.25) is 0 Å². The van der Waals surface area contributed by atoms with Gasteiger partial charge in [-0.2, -0.15) is 0 Å². The molecular formula is C29H46O6. The minimum Gasteiger partial charge on any atom is -0.493 e. The molecule has 3 N–H and O–H groups in total. The third kappa shape index (κ3) is 6.04. The molecule has 35 heavy (non-hydrogen) atoms. The molecule has 0 saturated carbocycles. The van der Waals surface area contributed by atoms with Crippen molar-refractivity contribution < 1.29 is 29.2 Å². The lowest BCUT2D eigenvalue weighted by atomic mass is 9.83. The molecule has 1 aromatic carbocycles. The number of hydrogen-bond donors (Lipinski definition) is 3. The first-order chi connectivity index (χ1) is 16.7. The van der Waals surface area contributed by atoms with Crippen LogP contribution in [0.3, 0.4) is 0 Å². The summed E-state index contributed by atoms with van der Waals surface area (Å²) in [6, 6.07) is 2.12. The molecule has 1 aromatic heterocycles. The van der Waals surface area contributed by atoms with Gasteiger partial charge in [0, 0.05) is 23.3 Å². The Morgan fingerprint density at radius 1 is 1.14 bits per heavy atom. The molecule has 2 aromatic rings. The normalized spacial score (nSPS) is 22.5. The Hall–Kier alpha value is -1.60. The molecule has 3 rings (SSSR count). The molecule has 0 bridgehead atoms. The zero-order valence-electron chi connectivity index (χ0n) is 22.5. The fourth-order valence-electron chi connectivity index (χ4n) is 5.37. The summed E-state index contributed by atoms with van der Waals surface area (Å²) >= 11 is 0. The minimum absolute atomic E-state index is 0.0425. The van der Waals surface area contributed by atoms with Crippen LogP contribution in [0.5, 0.6) is 5.75 Å². The lowest BCUT2D eigenvalue weighted by Crippen LogP contribution is -2.34. The molecule has 6 heteroatoms. The number of unbranched alkanes of at least 4 members (excludes halogenated alkanes) is 1. The topological polar surface area (TPSA) is 95.6 Å². The van der Waals surface area contributed by atoms with Crippen molar-refractivity contribution in [1.29, 1.82) is 0 Å². The highest BCUT2D eigenvalue weighted by Crippen LogP contribution is 2.45. The van der Waals surface area contributed by atoms with Crippen LogP contribution in [0.15, 0.2) is 16.7 Å². The van der Waals surface area contributed by atoms with Crippen LogP contribution in [-0.2, 0) is 17.8 Å². The Bertz CT molecular complexity index is 950. The Morgan fingerprint density at radius 3 is 2.46 bits per heavy atom. The summed E-state index contributed by atoms with van der Waals surface area (Å²) in [5.41, 5.74) is 2.71. The number of aliphatic hydroxyl groups is 3. The highest BCUT2D eigenvalue weighted by Gasteiger charge is 2.56. The van der Waals surface area contributed by atoms with Crippen molar-refractivity contribution in [3.8, 4) is 5.75 Å². The van der Waals surface area contributed by atoms with Gasteiger partial charge in [-0.3, -0.25) is 0 Å². The van der Waals surface area contributed by atoms with E-state index in [4.69, 9.17) is 13.9 Å². The van der Waals surface area contributed by atoms with E-state index in [0.717, 1.165) is 60.8 Å². The maximum atomic E-state index is 11.3. The van der Waals surface area contributed by atoms with Crippen molar-refractivity contribution in [2.24, 2.45) is 5.92 Å². The first-order valence-corrected chi connectivity index (χ1v) is 13.5. The maximum Gasteiger partial charge on any atom is 0.143 e. The van der Waals surface area contributed by atoms with Crippen LogP contribution in [0, 0.1) is 5.92 Å². The van der Waals surface area contributed by atoms with Crippen LogP contribution in [0.1, 0.15) is 103 Å². The smallest absolute Gasteiger partial charge is 0.143 e. The van der Waals surface area contributed by atoms with Crippen LogP contribution >= 0.6 is 0 Å². The molecule has 6 nitrogen and oxygen atoms in total. The van der Waals surface area contributed by atoms with Gasteiger partial charge in [-0.1, -0.05) is 47.5 Å². The molecule has 1 aliphatic rings.